The lowest BCUT2D eigenvalue weighted by Gasteiger charge is -2.43. The van der Waals surface area contributed by atoms with Gasteiger partial charge >= 0.3 is 0 Å². The van der Waals surface area contributed by atoms with E-state index in [2.05, 4.69) is 113 Å². The average molecular weight is 412 g/mol. The number of rotatable bonds is 6. The van der Waals surface area contributed by atoms with Crippen LogP contribution in [-0.2, 0) is 21.6 Å². The van der Waals surface area contributed by atoms with Gasteiger partial charge in [0.05, 0.1) is 0 Å². The molecule has 1 aliphatic heterocycles. The summed E-state index contributed by atoms with van der Waals surface area (Å²) >= 11 is 0. The monoisotopic (exact) mass is 411 g/mol. The Hall–Kier alpha value is -1.46. The van der Waals surface area contributed by atoms with E-state index in [0.29, 0.717) is 12.0 Å². The first kappa shape index (κ1) is 22.2. The van der Waals surface area contributed by atoms with Gasteiger partial charge in [-0.25, -0.2) is 0 Å². The molecule has 0 spiro atoms. The number of hydrogen-bond donors (Lipinski definition) is 0. The van der Waals surface area contributed by atoms with E-state index in [1.165, 1.54) is 5.56 Å². The van der Waals surface area contributed by atoms with E-state index in [0.717, 1.165) is 18.5 Å². The molecule has 4 heteroatoms. The van der Waals surface area contributed by atoms with E-state index in [1.54, 1.807) is 0 Å². The highest BCUT2D eigenvalue weighted by atomic mass is 28.4. The molecule has 29 heavy (non-hydrogen) atoms. The zero-order valence-electron chi connectivity index (χ0n) is 19.1. The first-order chi connectivity index (χ1) is 13.5. The lowest BCUT2D eigenvalue weighted by Crippen LogP contribution is -2.48. The molecule has 2 aromatic rings. The summed E-state index contributed by atoms with van der Waals surface area (Å²) in [7, 11) is -2.06. The van der Waals surface area contributed by atoms with Crippen molar-refractivity contribution in [2.45, 2.75) is 77.5 Å². The van der Waals surface area contributed by atoms with Crippen LogP contribution in [0.1, 0.15) is 52.2 Å². The maximum atomic E-state index is 7.06. The van der Waals surface area contributed by atoms with Gasteiger partial charge in [-0.3, -0.25) is 4.84 Å². The number of hydroxylamine groups is 2. The van der Waals surface area contributed by atoms with Crippen molar-refractivity contribution in [3.8, 4) is 0 Å². The summed E-state index contributed by atoms with van der Waals surface area (Å²) in [6, 6.07) is 21.4. The molecule has 158 valence electrons. The fraction of sp³-hybridized carbons (Fsp3) is 0.520. The van der Waals surface area contributed by atoms with Gasteiger partial charge in [-0.2, -0.15) is 5.06 Å². The zero-order valence-corrected chi connectivity index (χ0v) is 20.1. The van der Waals surface area contributed by atoms with Crippen molar-refractivity contribution < 1.29 is 9.26 Å². The second-order valence-electron chi connectivity index (χ2n) is 10.1. The third-order valence-corrected chi connectivity index (χ3v) is 11.0. The normalized spacial score (nSPS) is 23.7. The smallest absolute Gasteiger partial charge is 0.206 e. The fourth-order valence-corrected chi connectivity index (χ4v) is 5.07. The van der Waals surface area contributed by atoms with Gasteiger partial charge in [-0.05, 0) is 29.6 Å². The van der Waals surface area contributed by atoms with E-state index in [-0.39, 0.29) is 5.04 Å². The Morgan fingerprint density at radius 3 is 2.10 bits per heavy atom. The number of benzene rings is 2. The SMILES string of the molecule is CC(C)[C@@H]1C[C@](O[Si](C)(C)C(C)(C)C)(c2ccccc2)ON1Cc1ccccc1. The molecule has 3 rings (SSSR count). The summed E-state index contributed by atoms with van der Waals surface area (Å²) in [5.41, 5.74) is 2.38. The van der Waals surface area contributed by atoms with Crippen molar-refractivity contribution >= 4 is 8.32 Å². The van der Waals surface area contributed by atoms with Crippen LogP contribution < -0.4 is 0 Å². The quantitative estimate of drug-likeness (QED) is 0.492. The third kappa shape index (κ3) is 4.83. The maximum absolute atomic E-state index is 7.06. The molecule has 0 aliphatic carbocycles. The van der Waals surface area contributed by atoms with Crippen LogP contribution >= 0.6 is 0 Å². The van der Waals surface area contributed by atoms with Gasteiger partial charge in [-0.1, -0.05) is 95.3 Å². The Kier molecular flexibility index (Phi) is 6.40. The summed E-state index contributed by atoms with van der Waals surface area (Å²) in [6.45, 7) is 16.8. The summed E-state index contributed by atoms with van der Waals surface area (Å²) in [5.74, 6) is -0.263. The van der Waals surface area contributed by atoms with E-state index in [4.69, 9.17) is 9.26 Å². The number of hydrogen-bond acceptors (Lipinski definition) is 3. The van der Waals surface area contributed by atoms with Gasteiger partial charge in [0.25, 0.3) is 0 Å². The van der Waals surface area contributed by atoms with Gasteiger partial charge in [0.15, 0.2) is 8.32 Å². The minimum Gasteiger partial charge on any atom is -0.385 e. The maximum Gasteiger partial charge on any atom is 0.206 e. The average Bonchev–Trinajstić information content (AvgIpc) is 3.01. The Morgan fingerprint density at radius 1 is 1.03 bits per heavy atom. The van der Waals surface area contributed by atoms with Crippen molar-refractivity contribution in [2.24, 2.45) is 5.92 Å². The van der Waals surface area contributed by atoms with Crippen molar-refractivity contribution in [2.75, 3.05) is 0 Å². The van der Waals surface area contributed by atoms with Crippen LogP contribution in [0.3, 0.4) is 0 Å². The van der Waals surface area contributed by atoms with Crippen molar-refractivity contribution in [3.05, 3.63) is 71.8 Å². The molecule has 0 aromatic heterocycles. The van der Waals surface area contributed by atoms with Crippen LogP contribution in [-0.4, -0.2) is 19.4 Å². The van der Waals surface area contributed by atoms with Gasteiger partial charge < -0.3 is 4.43 Å². The van der Waals surface area contributed by atoms with Crippen LogP contribution in [0.15, 0.2) is 60.7 Å². The topological polar surface area (TPSA) is 21.7 Å². The molecule has 0 unspecified atom stereocenters. The molecule has 0 saturated carbocycles. The highest BCUT2D eigenvalue weighted by Crippen LogP contribution is 2.49. The Morgan fingerprint density at radius 2 is 1.59 bits per heavy atom. The van der Waals surface area contributed by atoms with Crippen LogP contribution in [0, 0.1) is 5.92 Å². The van der Waals surface area contributed by atoms with Crippen LogP contribution in [0.4, 0.5) is 0 Å². The molecule has 1 aliphatic rings. The van der Waals surface area contributed by atoms with E-state index in [1.807, 2.05) is 0 Å². The first-order valence-electron chi connectivity index (χ1n) is 10.8. The Bertz CT molecular complexity index is 785. The van der Waals surface area contributed by atoms with Crippen molar-refractivity contribution in [3.63, 3.8) is 0 Å². The predicted octanol–water partition coefficient (Wildman–Crippen LogP) is 6.72. The van der Waals surface area contributed by atoms with Crippen molar-refractivity contribution in [1.29, 1.82) is 0 Å². The second-order valence-corrected chi connectivity index (χ2v) is 14.9. The van der Waals surface area contributed by atoms with Crippen molar-refractivity contribution in [1.82, 2.24) is 5.06 Å². The van der Waals surface area contributed by atoms with Gasteiger partial charge in [0.1, 0.15) is 0 Å². The van der Waals surface area contributed by atoms with E-state index >= 15 is 0 Å². The summed E-state index contributed by atoms with van der Waals surface area (Å²) < 4.78 is 7.06. The third-order valence-electron chi connectivity index (χ3n) is 6.50. The first-order valence-corrected chi connectivity index (χ1v) is 13.7. The molecule has 1 heterocycles. The highest BCUT2D eigenvalue weighted by Gasteiger charge is 2.53. The molecule has 2 atom stereocenters. The molecular formula is C25H37NO2Si. The Labute approximate surface area is 178 Å². The predicted molar refractivity (Wildman–Crippen MR) is 123 cm³/mol. The second kappa shape index (κ2) is 8.35. The van der Waals surface area contributed by atoms with E-state index in [9.17, 15) is 0 Å². The summed E-state index contributed by atoms with van der Waals surface area (Å²) in [6.07, 6.45) is 0.841. The highest BCUT2D eigenvalue weighted by molar-refractivity contribution is 6.74. The lowest BCUT2D eigenvalue weighted by molar-refractivity contribution is -0.291. The Balaban J connectivity index is 1.99. The minimum atomic E-state index is -2.06. The number of nitrogens with zero attached hydrogens (tertiary/aromatic N) is 1. The fourth-order valence-electron chi connectivity index (χ4n) is 3.70. The standard InChI is InChI=1S/C25H37NO2Si/c1-20(2)23-18-25(22-16-12-9-13-17-22,28-29(6,7)24(3,4)5)27-26(23)19-21-14-10-8-11-15-21/h8-17,20,23H,18-19H2,1-7H3/t23-,25-/m0/s1. The summed E-state index contributed by atoms with van der Waals surface area (Å²) in [4.78, 5) is 6.79. The van der Waals surface area contributed by atoms with Crippen LogP contribution in [0.25, 0.3) is 0 Å². The molecule has 2 aromatic carbocycles. The molecule has 1 saturated heterocycles. The molecule has 0 amide bonds. The molecular weight excluding hydrogens is 374 g/mol. The molecule has 1 fully saturated rings. The molecule has 0 N–H and O–H groups in total. The largest absolute Gasteiger partial charge is 0.385 e. The van der Waals surface area contributed by atoms with Gasteiger partial charge in [0.2, 0.25) is 5.79 Å². The van der Waals surface area contributed by atoms with Crippen LogP contribution in [0.2, 0.25) is 18.1 Å². The van der Waals surface area contributed by atoms with E-state index < -0.39 is 14.1 Å². The lowest BCUT2D eigenvalue weighted by atomic mass is 9.93. The van der Waals surface area contributed by atoms with Gasteiger partial charge in [-0.15, -0.1) is 0 Å². The molecule has 0 radical (unpaired) electrons. The van der Waals surface area contributed by atoms with Gasteiger partial charge in [0, 0.05) is 24.6 Å². The zero-order chi connectivity index (χ0) is 21.3. The minimum absolute atomic E-state index is 0.109. The molecule has 3 nitrogen and oxygen atoms in total. The summed E-state index contributed by atoms with van der Waals surface area (Å²) in [5, 5.41) is 2.28. The van der Waals surface area contributed by atoms with Crippen LogP contribution in [0.5, 0.6) is 0 Å². The molecule has 0 bridgehead atoms.